The molecule has 0 saturated carbocycles. The monoisotopic (exact) mass is 593 g/mol. The highest BCUT2D eigenvalue weighted by molar-refractivity contribution is 6.30. The minimum atomic E-state index is -0.973. The Morgan fingerprint density at radius 1 is 0.952 bits per heavy atom. The molecule has 222 valence electrons. The van der Waals surface area contributed by atoms with Crippen molar-refractivity contribution >= 4 is 35.4 Å². The van der Waals surface area contributed by atoms with Gasteiger partial charge in [0.05, 0.1) is 0 Å². The van der Waals surface area contributed by atoms with E-state index in [9.17, 15) is 14.4 Å². The van der Waals surface area contributed by atoms with E-state index in [1.165, 1.54) is 9.80 Å². The highest BCUT2D eigenvalue weighted by atomic mass is 35.5. The van der Waals surface area contributed by atoms with Crippen molar-refractivity contribution in [3.63, 3.8) is 0 Å². The Kier molecular flexibility index (Phi) is 9.31. The van der Waals surface area contributed by atoms with Gasteiger partial charge in [0.1, 0.15) is 29.2 Å². The van der Waals surface area contributed by atoms with E-state index in [-0.39, 0.29) is 5.92 Å². The molecule has 0 aromatic heterocycles. The number of hydrogen-bond acceptors (Lipinski definition) is 6. The van der Waals surface area contributed by atoms with Gasteiger partial charge in [-0.3, -0.25) is 9.69 Å². The van der Waals surface area contributed by atoms with Crippen molar-refractivity contribution in [1.29, 1.82) is 0 Å². The zero-order valence-corrected chi connectivity index (χ0v) is 25.3. The summed E-state index contributed by atoms with van der Waals surface area (Å²) in [6, 6.07) is 21.8. The molecule has 3 aromatic rings. The summed E-state index contributed by atoms with van der Waals surface area (Å²) in [6.07, 6.45) is -2.28. The SMILES string of the molecule is CC(C)[C@@H](NC(=O)OC(C)(C)C)C(=O)N(C)[C@H]1OC(=O)N(c2ccc(Oc3ccc(Cl)cc3)cc2)[C@H]1c1ccccc1. The largest absolute Gasteiger partial charge is 0.457 e. The van der Waals surface area contributed by atoms with Crippen LogP contribution in [0.5, 0.6) is 11.5 Å². The number of alkyl carbamates (subject to hydrolysis) is 1. The normalized spacial score (nSPS) is 17.4. The molecule has 1 saturated heterocycles. The number of nitrogens with one attached hydrogen (secondary N) is 1. The molecule has 1 fully saturated rings. The van der Waals surface area contributed by atoms with Crippen LogP contribution in [-0.4, -0.2) is 47.9 Å². The highest BCUT2D eigenvalue weighted by Crippen LogP contribution is 2.39. The predicted molar refractivity (Wildman–Crippen MR) is 161 cm³/mol. The van der Waals surface area contributed by atoms with Crippen LogP contribution in [0.15, 0.2) is 78.9 Å². The molecule has 3 atom stereocenters. The molecule has 0 bridgehead atoms. The Hall–Kier alpha value is -4.24. The number of benzene rings is 3. The second kappa shape index (κ2) is 12.7. The van der Waals surface area contributed by atoms with Crippen LogP contribution in [0.1, 0.15) is 46.2 Å². The van der Waals surface area contributed by atoms with Gasteiger partial charge in [-0.05, 0) is 80.8 Å². The molecule has 1 aliphatic heterocycles. The number of likely N-dealkylation sites (N-methyl/N-ethyl adjacent to an activating group) is 1. The maximum absolute atomic E-state index is 13.8. The van der Waals surface area contributed by atoms with Crippen LogP contribution in [0.25, 0.3) is 0 Å². The Bertz CT molecular complexity index is 1390. The van der Waals surface area contributed by atoms with E-state index in [1.54, 1.807) is 76.3 Å². The second-order valence-corrected chi connectivity index (χ2v) is 11.8. The van der Waals surface area contributed by atoms with E-state index in [2.05, 4.69) is 5.32 Å². The summed E-state index contributed by atoms with van der Waals surface area (Å²) < 4.78 is 17.1. The van der Waals surface area contributed by atoms with Crippen molar-refractivity contribution in [1.82, 2.24) is 10.2 Å². The first-order chi connectivity index (χ1) is 19.8. The van der Waals surface area contributed by atoms with Gasteiger partial charge in [-0.15, -0.1) is 0 Å². The van der Waals surface area contributed by atoms with Gasteiger partial charge in [-0.25, -0.2) is 9.59 Å². The third-order valence-corrected chi connectivity index (χ3v) is 6.86. The van der Waals surface area contributed by atoms with E-state index in [1.807, 2.05) is 44.2 Å². The first kappa shape index (κ1) is 30.7. The number of cyclic esters (lactones) is 1. The summed E-state index contributed by atoms with van der Waals surface area (Å²) >= 11 is 5.96. The van der Waals surface area contributed by atoms with Crippen LogP contribution in [0.2, 0.25) is 5.02 Å². The van der Waals surface area contributed by atoms with Gasteiger partial charge in [0.25, 0.3) is 0 Å². The van der Waals surface area contributed by atoms with E-state index in [4.69, 9.17) is 25.8 Å². The van der Waals surface area contributed by atoms with Crippen molar-refractivity contribution in [2.24, 2.45) is 5.92 Å². The fourth-order valence-electron chi connectivity index (χ4n) is 4.59. The second-order valence-electron chi connectivity index (χ2n) is 11.4. The molecule has 1 aliphatic rings. The Morgan fingerprint density at radius 2 is 1.52 bits per heavy atom. The minimum absolute atomic E-state index is 0.260. The summed E-state index contributed by atoms with van der Waals surface area (Å²) in [5.41, 5.74) is 0.610. The van der Waals surface area contributed by atoms with Crippen molar-refractivity contribution in [3.05, 3.63) is 89.4 Å². The van der Waals surface area contributed by atoms with Gasteiger partial charge in [0, 0.05) is 17.8 Å². The highest BCUT2D eigenvalue weighted by Gasteiger charge is 2.48. The number of ether oxygens (including phenoxy) is 3. The third-order valence-electron chi connectivity index (χ3n) is 6.61. The van der Waals surface area contributed by atoms with Gasteiger partial charge in [0.2, 0.25) is 12.1 Å². The molecule has 10 heteroatoms. The standard InChI is InChI=1S/C32H36ClN3O6/c1-20(2)26(34-30(38)42-32(3,4)5)28(37)35(6)29-27(21-10-8-7-9-11-21)36(31(39)41-29)23-14-18-25(19-15-23)40-24-16-12-22(33)13-17-24/h7-20,26-27,29H,1-6H3,(H,34,38)/t26-,27+,29+/m1/s1. The van der Waals surface area contributed by atoms with Crippen molar-refractivity contribution in [3.8, 4) is 11.5 Å². The van der Waals surface area contributed by atoms with Gasteiger partial charge >= 0.3 is 12.2 Å². The molecule has 0 radical (unpaired) electrons. The molecule has 3 amide bonds. The summed E-state index contributed by atoms with van der Waals surface area (Å²) in [7, 11) is 1.56. The van der Waals surface area contributed by atoms with Gasteiger partial charge in [0.15, 0.2) is 0 Å². The lowest BCUT2D eigenvalue weighted by molar-refractivity contribution is -0.141. The maximum atomic E-state index is 13.8. The molecular weight excluding hydrogens is 558 g/mol. The number of rotatable bonds is 8. The zero-order chi connectivity index (χ0) is 30.6. The van der Waals surface area contributed by atoms with E-state index in [0.29, 0.717) is 22.2 Å². The molecule has 9 nitrogen and oxygen atoms in total. The Balaban J connectivity index is 1.60. The quantitative estimate of drug-likeness (QED) is 0.297. The number of hydrogen-bond donors (Lipinski definition) is 1. The summed E-state index contributed by atoms with van der Waals surface area (Å²) in [5.74, 6) is 0.517. The third kappa shape index (κ3) is 7.33. The fraction of sp³-hybridized carbons (Fsp3) is 0.344. The fourth-order valence-corrected chi connectivity index (χ4v) is 4.72. The minimum Gasteiger partial charge on any atom is -0.457 e. The lowest BCUT2D eigenvalue weighted by Gasteiger charge is -2.33. The molecule has 1 N–H and O–H groups in total. The number of carbonyl (C=O) groups is 3. The van der Waals surface area contributed by atoms with Crippen LogP contribution >= 0.6 is 11.6 Å². The predicted octanol–water partition coefficient (Wildman–Crippen LogP) is 7.16. The van der Waals surface area contributed by atoms with Crippen LogP contribution in [0.4, 0.5) is 15.3 Å². The molecule has 0 unspecified atom stereocenters. The van der Waals surface area contributed by atoms with Gasteiger partial charge in [-0.1, -0.05) is 55.8 Å². The molecule has 3 aromatic carbocycles. The van der Waals surface area contributed by atoms with Crippen LogP contribution in [0.3, 0.4) is 0 Å². The van der Waals surface area contributed by atoms with Gasteiger partial charge in [-0.2, -0.15) is 0 Å². The number of amides is 3. The first-order valence-corrected chi connectivity index (χ1v) is 14.1. The van der Waals surface area contributed by atoms with Gasteiger partial charge < -0.3 is 24.4 Å². The number of anilines is 1. The smallest absolute Gasteiger partial charge is 0.417 e. The Morgan fingerprint density at radius 3 is 2.07 bits per heavy atom. The summed E-state index contributed by atoms with van der Waals surface area (Å²) in [6.45, 7) is 8.89. The summed E-state index contributed by atoms with van der Waals surface area (Å²) in [4.78, 5) is 42.6. The average Bonchev–Trinajstić information content (AvgIpc) is 3.29. The first-order valence-electron chi connectivity index (χ1n) is 13.7. The van der Waals surface area contributed by atoms with Crippen LogP contribution in [-0.2, 0) is 14.3 Å². The number of nitrogens with zero attached hydrogens (tertiary/aromatic N) is 2. The lowest BCUT2D eigenvalue weighted by atomic mass is 10.0. The van der Waals surface area contributed by atoms with Crippen LogP contribution in [0, 0.1) is 5.92 Å². The molecule has 1 heterocycles. The topological polar surface area (TPSA) is 97.4 Å². The van der Waals surface area contributed by atoms with Crippen molar-refractivity contribution in [2.45, 2.75) is 58.5 Å². The number of carbonyl (C=O) groups excluding carboxylic acids is 3. The molecule has 0 aliphatic carbocycles. The maximum Gasteiger partial charge on any atom is 0.417 e. The zero-order valence-electron chi connectivity index (χ0n) is 24.5. The van der Waals surface area contributed by atoms with Crippen LogP contribution < -0.4 is 15.0 Å². The van der Waals surface area contributed by atoms with Crippen molar-refractivity contribution < 1.29 is 28.6 Å². The van der Waals surface area contributed by atoms with Crippen molar-refractivity contribution in [2.75, 3.05) is 11.9 Å². The van der Waals surface area contributed by atoms with E-state index >= 15 is 0 Å². The van der Waals surface area contributed by atoms with E-state index < -0.39 is 42.0 Å². The molecule has 0 spiro atoms. The lowest BCUT2D eigenvalue weighted by Crippen LogP contribution is -2.54. The Labute approximate surface area is 251 Å². The molecule has 4 rings (SSSR count). The molecular formula is C32H36ClN3O6. The molecule has 42 heavy (non-hydrogen) atoms. The van der Waals surface area contributed by atoms with E-state index in [0.717, 1.165) is 5.56 Å². The number of halogens is 1. The summed E-state index contributed by atoms with van der Waals surface area (Å²) in [5, 5.41) is 3.29. The average molecular weight is 594 g/mol.